The highest BCUT2D eigenvalue weighted by Crippen LogP contribution is 2.20. The maximum absolute atomic E-state index is 12.1. The highest BCUT2D eigenvalue weighted by Gasteiger charge is 2.09. The molecular weight excluding hydrogens is 290 g/mol. The van der Waals surface area contributed by atoms with E-state index >= 15 is 0 Å². The fourth-order valence-corrected chi connectivity index (χ4v) is 2.44. The van der Waals surface area contributed by atoms with Gasteiger partial charge in [-0.1, -0.05) is 23.8 Å². The van der Waals surface area contributed by atoms with E-state index in [1.165, 1.54) is 6.08 Å². The molecule has 1 N–H and O–H groups in total. The van der Waals surface area contributed by atoms with Crippen LogP contribution >= 0.6 is 0 Å². The molecule has 0 aliphatic rings. The second kappa shape index (κ2) is 5.72. The van der Waals surface area contributed by atoms with E-state index in [0.29, 0.717) is 16.7 Å². The van der Waals surface area contributed by atoms with Gasteiger partial charge in [0, 0.05) is 11.6 Å². The molecule has 0 amide bonds. The predicted molar refractivity (Wildman–Crippen MR) is 91.4 cm³/mol. The van der Waals surface area contributed by atoms with E-state index < -0.39 is 5.63 Å². The van der Waals surface area contributed by atoms with Crippen LogP contribution in [0.15, 0.2) is 45.6 Å². The molecule has 3 rings (SSSR count). The molecular formula is C19H17NO3. The van der Waals surface area contributed by atoms with Gasteiger partial charge in [-0.05, 0) is 50.1 Å². The Morgan fingerprint density at radius 3 is 2.57 bits per heavy atom. The third-order valence-electron chi connectivity index (χ3n) is 3.71. The van der Waals surface area contributed by atoms with Crippen molar-refractivity contribution in [3.05, 3.63) is 74.8 Å². The van der Waals surface area contributed by atoms with Crippen molar-refractivity contribution in [1.82, 2.24) is 4.98 Å². The minimum Gasteiger partial charge on any atom is -0.507 e. The lowest BCUT2D eigenvalue weighted by Crippen LogP contribution is -2.07. The number of nitrogens with zero attached hydrogens (tertiary/aromatic N) is 1. The Morgan fingerprint density at radius 2 is 1.78 bits per heavy atom. The van der Waals surface area contributed by atoms with Crippen LogP contribution in [0.5, 0.6) is 0 Å². The van der Waals surface area contributed by atoms with Crippen LogP contribution in [0.3, 0.4) is 0 Å². The average molecular weight is 307 g/mol. The SMILES string of the molecule is Cc1ccc(C)c(C(O)=Cc2nc3cc(C)ccc3oc2=O)c1. The zero-order valence-corrected chi connectivity index (χ0v) is 13.3. The molecule has 23 heavy (non-hydrogen) atoms. The number of aryl methyl sites for hydroxylation is 3. The summed E-state index contributed by atoms with van der Waals surface area (Å²) in [5.41, 5.74) is 4.18. The number of aromatic nitrogens is 1. The van der Waals surface area contributed by atoms with E-state index in [1.54, 1.807) is 6.07 Å². The smallest absolute Gasteiger partial charge is 0.362 e. The first-order chi connectivity index (χ1) is 10.9. The van der Waals surface area contributed by atoms with Crippen LogP contribution in [-0.4, -0.2) is 10.1 Å². The molecule has 4 nitrogen and oxygen atoms in total. The molecule has 1 aromatic heterocycles. The minimum absolute atomic E-state index is 0.00185. The lowest BCUT2D eigenvalue weighted by Gasteiger charge is -2.06. The van der Waals surface area contributed by atoms with Crippen LogP contribution in [0.25, 0.3) is 22.9 Å². The first-order valence-electron chi connectivity index (χ1n) is 7.34. The van der Waals surface area contributed by atoms with E-state index in [9.17, 15) is 9.90 Å². The largest absolute Gasteiger partial charge is 0.507 e. The van der Waals surface area contributed by atoms with Crippen LogP contribution in [0.2, 0.25) is 0 Å². The van der Waals surface area contributed by atoms with E-state index in [2.05, 4.69) is 4.98 Å². The summed E-state index contributed by atoms with van der Waals surface area (Å²) in [5.74, 6) is -0.00185. The van der Waals surface area contributed by atoms with Crippen LogP contribution in [0.1, 0.15) is 27.9 Å². The van der Waals surface area contributed by atoms with Crippen molar-refractivity contribution in [1.29, 1.82) is 0 Å². The van der Waals surface area contributed by atoms with Crippen LogP contribution in [0, 0.1) is 20.8 Å². The Balaban J connectivity index is 2.14. The number of rotatable bonds is 2. The summed E-state index contributed by atoms with van der Waals surface area (Å²) < 4.78 is 5.26. The molecule has 3 aromatic rings. The molecule has 116 valence electrons. The van der Waals surface area contributed by atoms with Crippen molar-refractivity contribution < 1.29 is 9.52 Å². The van der Waals surface area contributed by atoms with Crippen molar-refractivity contribution in [2.45, 2.75) is 20.8 Å². The number of aliphatic hydroxyl groups is 1. The summed E-state index contributed by atoms with van der Waals surface area (Å²) in [7, 11) is 0. The molecule has 0 saturated carbocycles. The van der Waals surface area contributed by atoms with Crippen molar-refractivity contribution in [2.75, 3.05) is 0 Å². The maximum atomic E-state index is 12.1. The summed E-state index contributed by atoms with van der Waals surface area (Å²) in [5, 5.41) is 10.4. The zero-order chi connectivity index (χ0) is 16.6. The van der Waals surface area contributed by atoms with Gasteiger partial charge in [-0.3, -0.25) is 0 Å². The summed E-state index contributed by atoms with van der Waals surface area (Å²) in [6.07, 6.45) is 1.36. The Morgan fingerprint density at radius 1 is 1.09 bits per heavy atom. The standard InChI is InChI=1S/C19H17NO3/c1-11-4-6-13(3)14(8-11)17(21)10-16-19(22)23-18-7-5-12(2)9-15(18)20-16/h4-10,21H,1-3H3. The molecule has 0 bridgehead atoms. The normalized spacial score (nSPS) is 11.9. The number of fused-ring (bicyclic) bond motifs is 1. The van der Waals surface area contributed by atoms with Gasteiger partial charge in [0.25, 0.3) is 0 Å². The second-order valence-electron chi connectivity index (χ2n) is 5.71. The van der Waals surface area contributed by atoms with Gasteiger partial charge in [0.05, 0.1) is 0 Å². The van der Waals surface area contributed by atoms with Gasteiger partial charge in [-0.2, -0.15) is 0 Å². The Kier molecular flexibility index (Phi) is 3.74. The first kappa shape index (κ1) is 15.0. The Labute approximate surface area is 133 Å². The van der Waals surface area contributed by atoms with Crippen molar-refractivity contribution in [2.24, 2.45) is 0 Å². The Hall–Kier alpha value is -2.88. The van der Waals surface area contributed by atoms with Gasteiger partial charge < -0.3 is 9.52 Å². The first-order valence-corrected chi connectivity index (χ1v) is 7.34. The van der Waals surface area contributed by atoms with Gasteiger partial charge in [0.1, 0.15) is 11.3 Å². The van der Waals surface area contributed by atoms with Crippen molar-refractivity contribution in [3.8, 4) is 0 Å². The van der Waals surface area contributed by atoms with Gasteiger partial charge >= 0.3 is 5.63 Å². The van der Waals surface area contributed by atoms with E-state index in [1.807, 2.05) is 51.1 Å². The molecule has 0 fully saturated rings. The quantitative estimate of drug-likeness (QED) is 0.722. The van der Waals surface area contributed by atoms with Crippen molar-refractivity contribution in [3.63, 3.8) is 0 Å². The molecule has 0 atom stereocenters. The molecule has 4 heteroatoms. The zero-order valence-electron chi connectivity index (χ0n) is 13.3. The lowest BCUT2D eigenvalue weighted by atomic mass is 10.0. The van der Waals surface area contributed by atoms with Gasteiger partial charge in [-0.15, -0.1) is 0 Å². The topological polar surface area (TPSA) is 63.3 Å². The van der Waals surface area contributed by atoms with Gasteiger partial charge in [0.15, 0.2) is 11.3 Å². The molecule has 0 radical (unpaired) electrons. The van der Waals surface area contributed by atoms with E-state index in [0.717, 1.165) is 16.7 Å². The third kappa shape index (κ3) is 3.01. The fourth-order valence-electron chi connectivity index (χ4n) is 2.44. The summed E-state index contributed by atoms with van der Waals surface area (Å²) in [6.45, 7) is 5.79. The van der Waals surface area contributed by atoms with Gasteiger partial charge in [0.2, 0.25) is 0 Å². The van der Waals surface area contributed by atoms with Crippen molar-refractivity contribution >= 4 is 22.9 Å². The minimum atomic E-state index is -0.571. The molecule has 0 aliphatic heterocycles. The lowest BCUT2D eigenvalue weighted by molar-refractivity contribution is 0.513. The summed E-state index contributed by atoms with van der Waals surface area (Å²) in [6, 6.07) is 11.2. The second-order valence-corrected chi connectivity index (χ2v) is 5.71. The number of hydrogen-bond donors (Lipinski definition) is 1. The third-order valence-corrected chi connectivity index (χ3v) is 3.71. The van der Waals surface area contributed by atoms with E-state index in [-0.39, 0.29) is 11.5 Å². The molecule has 0 saturated heterocycles. The average Bonchev–Trinajstić information content (AvgIpc) is 2.50. The predicted octanol–water partition coefficient (Wildman–Crippen LogP) is 4.17. The Bertz CT molecular complexity index is 984. The van der Waals surface area contributed by atoms with Gasteiger partial charge in [-0.25, -0.2) is 9.78 Å². The number of aliphatic hydroxyl groups excluding tert-OH is 1. The number of benzene rings is 2. The molecule has 1 heterocycles. The summed E-state index contributed by atoms with van der Waals surface area (Å²) >= 11 is 0. The summed E-state index contributed by atoms with van der Waals surface area (Å²) in [4.78, 5) is 16.4. The highest BCUT2D eigenvalue weighted by atomic mass is 16.4. The molecule has 0 spiro atoms. The van der Waals surface area contributed by atoms with E-state index in [4.69, 9.17) is 4.42 Å². The molecule has 0 aliphatic carbocycles. The molecule has 0 unspecified atom stereocenters. The number of hydrogen-bond acceptors (Lipinski definition) is 4. The maximum Gasteiger partial charge on any atom is 0.362 e. The van der Waals surface area contributed by atoms with Crippen LogP contribution < -0.4 is 5.63 Å². The van der Waals surface area contributed by atoms with Crippen LogP contribution in [-0.2, 0) is 0 Å². The monoisotopic (exact) mass is 307 g/mol. The highest BCUT2D eigenvalue weighted by molar-refractivity contribution is 5.79. The molecule has 2 aromatic carbocycles. The fraction of sp³-hybridized carbons (Fsp3) is 0.158. The van der Waals surface area contributed by atoms with Crippen LogP contribution in [0.4, 0.5) is 0 Å².